The van der Waals surface area contributed by atoms with Crippen molar-refractivity contribution in [3.8, 4) is 0 Å². The molecule has 4 heteroatoms. The lowest BCUT2D eigenvalue weighted by molar-refractivity contribution is 0.218. The summed E-state index contributed by atoms with van der Waals surface area (Å²) in [5.74, 6) is 0. The van der Waals surface area contributed by atoms with Crippen molar-refractivity contribution < 1.29 is 5.11 Å². The van der Waals surface area contributed by atoms with Gasteiger partial charge in [0.2, 0.25) is 0 Å². The van der Waals surface area contributed by atoms with Gasteiger partial charge in [-0.3, -0.25) is 0 Å². The summed E-state index contributed by atoms with van der Waals surface area (Å²) in [6.07, 6.45) is -0.704. The molecule has 0 spiro atoms. The third kappa shape index (κ3) is 3.05. The number of aryl methyl sites for hydroxylation is 1. The Morgan fingerprint density at radius 2 is 1.74 bits per heavy atom. The Kier molecular flexibility index (Phi) is 4.72. The second-order valence-corrected chi connectivity index (χ2v) is 6.60. The van der Waals surface area contributed by atoms with Gasteiger partial charge >= 0.3 is 0 Å². The zero-order chi connectivity index (χ0) is 14.2. The number of halogens is 3. The summed E-state index contributed by atoms with van der Waals surface area (Å²) in [4.78, 5) is 0. The molecule has 2 aromatic rings. The molecule has 0 aliphatic heterocycles. The van der Waals surface area contributed by atoms with Gasteiger partial charge in [-0.1, -0.05) is 55.6 Å². The molecule has 2 aromatic carbocycles. The number of rotatable bonds is 2. The Morgan fingerprint density at radius 1 is 1.05 bits per heavy atom. The zero-order valence-electron chi connectivity index (χ0n) is 10.5. The van der Waals surface area contributed by atoms with Crippen molar-refractivity contribution in [2.24, 2.45) is 0 Å². The fraction of sp³-hybridized carbons (Fsp3) is 0.200. The molecular formula is C15H13Br2ClO. The van der Waals surface area contributed by atoms with Crippen LogP contribution in [-0.2, 0) is 0 Å². The van der Waals surface area contributed by atoms with E-state index in [-0.39, 0.29) is 0 Å². The molecule has 0 heterocycles. The molecule has 0 aromatic heterocycles. The SMILES string of the molecule is Cc1cc(Br)c(C(O)c2cccc(Cl)c2C)cc1Br. The summed E-state index contributed by atoms with van der Waals surface area (Å²) < 4.78 is 1.87. The summed E-state index contributed by atoms with van der Waals surface area (Å²) in [7, 11) is 0. The Labute approximate surface area is 134 Å². The largest absolute Gasteiger partial charge is 0.384 e. The normalized spacial score (nSPS) is 12.5. The molecule has 0 aliphatic carbocycles. The number of hydrogen-bond acceptors (Lipinski definition) is 1. The summed E-state index contributed by atoms with van der Waals surface area (Å²) in [5, 5.41) is 11.2. The van der Waals surface area contributed by atoms with Crippen molar-refractivity contribution >= 4 is 43.5 Å². The van der Waals surface area contributed by atoms with E-state index in [4.69, 9.17) is 11.6 Å². The van der Waals surface area contributed by atoms with E-state index in [1.54, 1.807) is 0 Å². The molecule has 0 saturated carbocycles. The van der Waals surface area contributed by atoms with E-state index in [9.17, 15) is 5.11 Å². The predicted octanol–water partition coefficient (Wildman–Crippen LogP) is 5.56. The first-order valence-corrected chi connectivity index (χ1v) is 7.77. The fourth-order valence-corrected chi connectivity index (χ4v) is 3.18. The average molecular weight is 405 g/mol. The van der Waals surface area contributed by atoms with Crippen molar-refractivity contribution in [2.75, 3.05) is 0 Å². The lowest BCUT2D eigenvalue weighted by Gasteiger charge is -2.17. The van der Waals surface area contributed by atoms with Crippen LogP contribution in [-0.4, -0.2) is 5.11 Å². The van der Waals surface area contributed by atoms with Gasteiger partial charge in [0.1, 0.15) is 6.10 Å². The molecule has 0 amide bonds. The fourth-order valence-electron chi connectivity index (χ4n) is 1.96. The monoisotopic (exact) mass is 402 g/mol. The van der Waals surface area contributed by atoms with Crippen LogP contribution >= 0.6 is 43.5 Å². The van der Waals surface area contributed by atoms with E-state index in [2.05, 4.69) is 31.9 Å². The van der Waals surface area contributed by atoms with Crippen LogP contribution in [0.1, 0.15) is 28.4 Å². The second-order valence-electron chi connectivity index (χ2n) is 4.48. The van der Waals surface area contributed by atoms with E-state index in [1.807, 2.05) is 44.2 Å². The lowest BCUT2D eigenvalue weighted by atomic mass is 9.97. The maximum Gasteiger partial charge on any atom is 0.105 e. The van der Waals surface area contributed by atoms with Crippen molar-refractivity contribution in [3.63, 3.8) is 0 Å². The van der Waals surface area contributed by atoms with Gasteiger partial charge in [-0.15, -0.1) is 0 Å². The smallest absolute Gasteiger partial charge is 0.105 e. The first kappa shape index (κ1) is 15.0. The van der Waals surface area contributed by atoms with Crippen LogP contribution in [0.2, 0.25) is 5.02 Å². The molecule has 1 nitrogen and oxygen atoms in total. The van der Waals surface area contributed by atoms with Gasteiger partial charge in [0.15, 0.2) is 0 Å². The van der Waals surface area contributed by atoms with Crippen LogP contribution in [0, 0.1) is 13.8 Å². The molecule has 1 N–H and O–H groups in total. The highest BCUT2D eigenvalue weighted by atomic mass is 79.9. The van der Waals surface area contributed by atoms with E-state index in [0.717, 1.165) is 31.2 Å². The third-order valence-corrected chi connectivity index (χ3v) is 5.13. The number of aliphatic hydroxyl groups excluding tert-OH is 1. The Hall–Kier alpha value is -0.350. The molecule has 2 rings (SSSR count). The molecule has 0 aliphatic rings. The van der Waals surface area contributed by atoms with E-state index in [1.165, 1.54) is 0 Å². The van der Waals surface area contributed by atoms with Crippen molar-refractivity contribution in [3.05, 3.63) is 66.6 Å². The Balaban J connectivity index is 2.53. The molecule has 100 valence electrons. The van der Waals surface area contributed by atoms with Crippen molar-refractivity contribution in [1.29, 1.82) is 0 Å². The molecule has 1 atom stereocenters. The van der Waals surface area contributed by atoms with Crippen molar-refractivity contribution in [1.82, 2.24) is 0 Å². The van der Waals surface area contributed by atoms with Crippen LogP contribution in [0.5, 0.6) is 0 Å². The van der Waals surface area contributed by atoms with Gasteiger partial charge in [0.05, 0.1) is 0 Å². The number of hydrogen-bond donors (Lipinski definition) is 1. The Bertz CT molecular complexity index is 626. The van der Waals surface area contributed by atoms with Crippen LogP contribution in [0.15, 0.2) is 39.3 Å². The van der Waals surface area contributed by atoms with Crippen molar-refractivity contribution in [2.45, 2.75) is 20.0 Å². The first-order valence-electron chi connectivity index (χ1n) is 5.80. The summed E-state index contributed by atoms with van der Waals surface area (Å²) in [6, 6.07) is 9.50. The van der Waals surface area contributed by atoms with E-state index in [0.29, 0.717) is 5.02 Å². The second kappa shape index (κ2) is 5.96. The summed E-state index contributed by atoms with van der Waals surface area (Å²) in [6.45, 7) is 3.92. The predicted molar refractivity (Wildman–Crippen MR) is 86.8 cm³/mol. The van der Waals surface area contributed by atoms with Gasteiger partial charge in [0, 0.05) is 19.5 Å². The van der Waals surface area contributed by atoms with Gasteiger partial charge in [0.25, 0.3) is 0 Å². The summed E-state index contributed by atoms with van der Waals surface area (Å²) in [5.41, 5.74) is 3.66. The molecule has 19 heavy (non-hydrogen) atoms. The van der Waals surface area contributed by atoms with Gasteiger partial charge < -0.3 is 5.11 Å². The zero-order valence-corrected chi connectivity index (χ0v) is 14.5. The van der Waals surface area contributed by atoms with Gasteiger partial charge in [-0.25, -0.2) is 0 Å². The van der Waals surface area contributed by atoms with Crippen LogP contribution < -0.4 is 0 Å². The molecular weight excluding hydrogens is 391 g/mol. The molecule has 0 bridgehead atoms. The van der Waals surface area contributed by atoms with Gasteiger partial charge in [-0.2, -0.15) is 0 Å². The molecule has 0 saturated heterocycles. The van der Waals surface area contributed by atoms with E-state index < -0.39 is 6.10 Å². The Morgan fingerprint density at radius 3 is 2.42 bits per heavy atom. The highest BCUT2D eigenvalue weighted by Crippen LogP contribution is 2.35. The minimum Gasteiger partial charge on any atom is -0.384 e. The minimum atomic E-state index is -0.704. The van der Waals surface area contributed by atoms with Crippen LogP contribution in [0.4, 0.5) is 0 Å². The summed E-state index contributed by atoms with van der Waals surface area (Å²) >= 11 is 13.1. The standard InChI is InChI=1S/C15H13Br2ClO/c1-8-6-13(17)11(7-12(8)16)15(19)10-4-3-5-14(18)9(10)2/h3-7,15,19H,1-2H3. The minimum absolute atomic E-state index is 0.666. The highest BCUT2D eigenvalue weighted by molar-refractivity contribution is 9.11. The number of aliphatic hydroxyl groups is 1. The third-order valence-electron chi connectivity index (χ3n) is 3.18. The highest BCUT2D eigenvalue weighted by Gasteiger charge is 2.18. The molecule has 0 fully saturated rings. The van der Waals surface area contributed by atoms with Gasteiger partial charge in [-0.05, 0) is 48.7 Å². The first-order chi connectivity index (χ1) is 8.91. The molecule has 1 unspecified atom stereocenters. The van der Waals surface area contributed by atoms with Crippen LogP contribution in [0.3, 0.4) is 0 Å². The lowest BCUT2D eigenvalue weighted by Crippen LogP contribution is -2.04. The quantitative estimate of drug-likeness (QED) is 0.694. The topological polar surface area (TPSA) is 20.2 Å². The number of benzene rings is 2. The molecule has 0 radical (unpaired) electrons. The van der Waals surface area contributed by atoms with Crippen LogP contribution in [0.25, 0.3) is 0 Å². The average Bonchev–Trinajstić information content (AvgIpc) is 2.36. The van der Waals surface area contributed by atoms with E-state index >= 15 is 0 Å². The maximum absolute atomic E-state index is 10.6. The maximum atomic E-state index is 10.6.